The normalized spacial score (nSPS) is 25.3. The number of nitrogens with one attached hydrogen (secondary N) is 2. The van der Waals surface area contributed by atoms with E-state index in [1.807, 2.05) is 0 Å². The molecule has 1 aromatic heterocycles. The fourth-order valence-electron chi connectivity index (χ4n) is 2.22. The first-order chi connectivity index (χ1) is 7.79. The number of rotatable bonds is 3. The Balaban J connectivity index is 1.81. The number of tetrazole rings is 1. The van der Waals surface area contributed by atoms with E-state index in [-0.39, 0.29) is 17.8 Å². The molecule has 0 aromatic carbocycles. The molecule has 1 amide bonds. The number of hydrogen-bond donors (Lipinski definition) is 2. The molecule has 0 saturated heterocycles. The predicted molar refractivity (Wildman–Crippen MR) is 57.7 cm³/mol. The van der Waals surface area contributed by atoms with Gasteiger partial charge in [-0.15, -0.1) is 10.2 Å². The molecule has 0 aliphatic heterocycles. The number of carbonyl (C=O) groups excluding carboxylic acids is 1. The molecule has 6 nitrogen and oxygen atoms in total. The maximum Gasteiger partial charge on any atom is 0.293 e. The number of hydrogen-bond acceptors (Lipinski definition) is 4. The SMILES string of the molecule is CCC1CCC(NC(=O)c2nn[nH]n2)CC1. The minimum absolute atomic E-state index is 0.123. The average Bonchev–Trinajstić information content (AvgIpc) is 2.83. The molecular formula is C10H17N5O. The molecule has 0 spiro atoms. The summed E-state index contributed by atoms with van der Waals surface area (Å²) in [7, 11) is 0. The topological polar surface area (TPSA) is 83.6 Å². The minimum Gasteiger partial charge on any atom is -0.346 e. The number of H-pyrrole nitrogens is 1. The lowest BCUT2D eigenvalue weighted by molar-refractivity contribution is 0.0911. The van der Waals surface area contributed by atoms with Crippen LogP contribution in [-0.4, -0.2) is 32.6 Å². The summed E-state index contributed by atoms with van der Waals surface area (Å²) in [6.45, 7) is 2.23. The Morgan fingerprint density at radius 3 is 2.75 bits per heavy atom. The number of aromatic nitrogens is 4. The first-order valence-electron chi connectivity index (χ1n) is 5.84. The summed E-state index contributed by atoms with van der Waals surface area (Å²) in [6, 6.07) is 0.272. The third-order valence-electron chi connectivity index (χ3n) is 3.31. The molecule has 0 radical (unpaired) electrons. The number of aromatic amines is 1. The van der Waals surface area contributed by atoms with Gasteiger partial charge in [0.2, 0.25) is 0 Å². The van der Waals surface area contributed by atoms with Gasteiger partial charge in [0, 0.05) is 6.04 Å². The highest BCUT2D eigenvalue weighted by molar-refractivity contribution is 5.90. The van der Waals surface area contributed by atoms with Crippen molar-refractivity contribution in [2.24, 2.45) is 5.92 Å². The second kappa shape index (κ2) is 5.05. The Labute approximate surface area is 94.2 Å². The molecule has 6 heteroatoms. The molecule has 1 saturated carbocycles. The molecule has 1 aliphatic carbocycles. The number of nitrogens with zero attached hydrogens (tertiary/aromatic N) is 3. The minimum atomic E-state index is -0.228. The molecule has 0 atom stereocenters. The van der Waals surface area contributed by atoms with E-state index in [2.05, 4.69) is 32.9 Å². The Morgan fingerprint density at radius 1 is 1.44 bits per heavy atom. The van der Waals surface area contributed by atoms with Crippen LogP contribution in [0.15, 0.2) is 0 Å². The van der Waals surface area contributed by atoms with Crippen molar-refractivity contribution in [2.45, 2.75) is 45.1 Å². The maximum absolute atomic E-state index is 11.6. The zero-order valence-corrected chi connectivity index (χ0v) is 9.44. The van der Waals surface area contributed by atoms with Crippen molar-refractivity contribution in [1.82, 2.24) is 25.9 Å². The average molecular weight is 223 g/mol. The summed E-state index contributed by atoms with van der Waals surface area (Å²) in [5.41, 5.74) is 0. The molecule has 2 rings (SSSR count). The lowest BCUT2D eigenvalue weighted by Crippen LogP contribution is -2.38. The van der Waals surface area contributed by atoms with Crippen LogP contribution in [0.2, 0.25) is 0 Å². The predicted octanol–water partition coefficient (Wildman–Crippen LogP) is 0.898. The molecule has 1 aromatic rings. The molecule has 1 fully saturated rings. The summed E-state index contributed by atoms with van der Waals surface area (Å²) in [5, 5.41) is 15.9. The number of carbonyl (C=O) groups is 1. The quantitative estimate of drug-likeness (QED) is 0.797. The van der Waals surface area contributed by atoms with Crippen LogP contribution in [-0.2, 0) is 0 Å². The van der Waals surface area contributed by atoms with E-state index in [0.717, 1.165) is 18.8 Å². The smallest absolute Gasteiger partial charge is 0.293 e. The summed E-state index contributed by atoms with van der Waals surface area (Å²) in [5.74, 6) is 0.727. The van der Waals surface area contributed by atoms with Gasteiger partial charge in [0.1, 0.15) is 0 Å². The van der Waals surface area contributed by atoms with E-state index in [1.165, 1.54) is 19.3 Å². The van der Waals surface area contributed by atoms with Crippen molar-refractivity contribution >= 4 is 5.91 Å². The van der Waals surface area contributed by atoms with Crippen LogP contribution in [0.4, 0.5) is 0 Å². The van der Waals surface area contributed by atoms with Gasteiger partial charge in [0.05, 0.1) is 0 Å². The van der Waals surface area contributed by atoms with Crippen LogP contribution in [0, 0.1) is 5.92 Å². The highest BCUT2D eigenvalue weighted by atomic mass is 16.2. The highest BCUT2D eigenvalue weighted by Gasteiger charge is 2.22. The second-order valence-corrected chi connectivity index (χ2v) is 4.33. The van der Waals surface area contributed by atoms with Gasteiger partial charge in [-0.3, -0.25) is 4.79 Å². The molecular weight excluding hydrogens is 206 g/mol. The van der Waals surface area contributed by atoms with Crippen molar-refractivity contribution in [3.8, 4) is 0 Å². The first kappa shape index (κ1) is 11.0. The zero-order valence-electron chi connectivity index (χ0n) is 9.44. The summed E-state index contributed by atoms with van der Waals surface area (Å²) < 4.78 is 0. The van der Waals surface area contributed by atoms with Gasteiger partial charge in [-0.2, -0.15) is 5.21 Å². The van der Waals surface area contributed by atoms with Gasteiger partial charge >= 0.3 is 0 Å². The largest absolute Gasteiger partial charge is 0.346 e. The molecule has 1 aliphatic rings. The third kappa shape index (κ3) is 2.56. The fourth-order valence-corrected chi connectivity index (χ4v) is 2.22. The summed E-state index contributed by atoms with van der Waals surface area (Å²) >= 11 is 0. The Kier molecular flexibility index (Phi) is 3.48. The molecule has 0 unspecified atom stereocenters. The van der Waals surface area contributed by atoms with E-state index in [0.29, 0.717) is 0 Å². The van der Waals surface area contributed by atoms with E-state index in [9.17, 15) is 4.79 Å². The monoisotopic (exact) mass is 223 g/mol. The first-order valence-corrected chi connectivity index (χ1v) is 5.84. The van der Waals surface area contributed by atoms with Gasteiger partial charge in [0.15, 0.2) is 0 Å². The van der Waals surface area contributed by atoms with Gasteiger partial charge in [-0.05, 0) is 36.8 Å². The van der Waals surface area contributed by atoms with Crippen LogP contribution in [0.25, 0.3) is 0 Å². The van der Waals surface area contributed by atoms with E-state index >= 15 is 0 Å². The van der Waals surface area contributed by atoms with Gasteiger partial charge in [-0.25, -0.2) is 0 Å². The Hall–Kier alpha value is -1.46. The second-order valence-electron chi connectivity index (χ2n) is 4.33. The molecule has 88 valence electrons. The fraction of sp³-hybridized carbons (Fsp3) is 0.800. The van der Waals surface area contributed by atoms with Crippen LogP contribution >= 0.6 is 0 Å². The molecule has 1 heterocycles. The van der Waals surface area contributed by atoms with E-state index in [4.69, 9.17) is 0 Å². The van der Waals surface area contributed by atoms with E-state index in [1.54, 1.807) is 0 Å². The van der Waals surface area contributed by atoms with Crippen molar-refractivity contribution in [2.75, 3.05) is 0 Å². The van der Waals surface area contributed by atoms with Gasteiger partial charge < -0.3 is 5.32 Å². The van der Waals surface area contributed by atoms with Crippen LogP contribution in [0.3, 0.4) is 0 Å². The van der Waals surface area contributed by atoms with Crippen LogP contribution < -0.4 is 5.32 Å². The van der Waals surface area contributed by atoms with Crippen molar-refractivity contribution in [3.05, 3.63) is 5.82 Å². The number of amides is 1. The lowest BCUT2D eigenvalue weighted by Gasteiger charge is -2.27. The van der Waals surface area contributed by atoms with Gasteiger partial charge in [0.25, 0.3) is 11.7 Å². The van der Waals surface area contributed by atoms with Gasteiger partial charge in [-0.1, -0.05) is 13.3 Å². The zero-order chi connectivity index (χ0) is 11.4. The summed E-state index contributed by atoms with van der Waals surface area (Å²) in [4.78, 5) is 11.6. The van der Waals surface area contributed by atoms with Crippen molar-refractivity contribution in [1.29, 1.82) is 0 Å². The van der Waals surface area contributed by atoms with Crippen molar-refractivity contribution in [3.63, 3.8) is 0 Å². The Morgan fingerprint density at radius 2 is 2.19 bits per heavy atom. The maximum atomic E-state index is 11.6. The lowest BCUT2D eigenvalue weighted by atomic mass is 9.84. The van der Waals surface area contributed by atoms with Crippen LogP contribution in [0.5, 0.6) is 0 Å². The van der Waals surface area contributed by atoms with E-state index < -0.39 is 0 Å². The Bertz CT molecular complexity index is 329. The standard InChI is InChI=1S/C10H17N5O/c1-2-7-3-5-8(6-4-7)11-10(16)9-12-14-15-13-9/h7-8H,2-6H2,1H3,(H,11,16)(H,12,13,14,15). The summed E-state index contributed by atoms with van der Waals surface area (Å²) in [6.07, 6.45) is 5.76. The van der Waals surface area contributed by atoms with Crippen molar-refractivity contribution < 1.29 is 4.79 Å². The van der Waals surface area contributed by atoms with Crippen LogP contribution in [0.1, 0.15) is 49.6 Å². The third-order valence-corrected chi connectivity index (χ3v) is 3.31. The molecule has 16 heavy (non-hydrogen) atoms. The molecule has 0 bridgehead atoms. The molecule has 2 N–H and O–H groups in total. The highest BCUT2D eigenvalue weighted by Crippen LogP contribution is 2.26.